The van der Waals surface area contributed by atoms with E-state index in [0.717, 1.165) is 25.9 Å². The smallest absolute Gasteiger partial charge is 0.358 e. The SMILES string of the molecule is CC1(Nc2nc3sccn3c2[N+](=O)[O-])CCNCC1. The fourth-order valence-electron chi connectivity index (χ4n) is 2.42. The molecule has 0 saturated carbocycles. The van der Waals surface area contributed by atoms with Crippen molar-refractivity contribution in [2.24, 2.45) is 0 Å². The molecule has 0 radical (unpaired) electrons. The summed E-state index contributed by atoms with van der Waals surface area (Å²) in [6.45, 7) is 3.92. The molecule has 2 aromatic heterocycles. The third-order valence-electron chi connectivity index (χ3n) is 3.54. The molecule has 2 aromatic rings. The van der Waals surface area contributed by atoms with Gasteiger partial charge in [-0.15, -0.1) is 0 Å². The van der Waals surface area contributed by atoms with E-state index in [1.807, 2.05) is 0 Å². The number of rotatable bonds is 3. The molecule has 2 N–H and O–H groups in total. The molecule has 19 heavy (non-hydrogen) atoms. The number of imidazole rings is 1. The van der Waals surface area contributed by atoms with Gasteiger partial charge in [-0.25, -0.2) is 0 Å². The highest BCUT2D eigenvalue weighted by Gasteiger charge is 2.32. The van der Waals surface area contributed by atoms with Crippen molar-refractivity contribution in [1.29, 1.82) is 0 Å². The lowest BCUT2D eigenvalue weighted by Crippen LogP contribution is -2.45. The Kier molecular flexibility index (Phi) is 2.90. The van der Waals surface area contributed by atoms with Crippen LogP contribution in [0.2, 0.25) is 0 Å². The Bertz CT molecular complexity index is 614. The van der Waals surface area contributed by atoms with Crippen LogP contribution < -0.4 is 10.6 Å². The molecular formula is C11H15N5O2S. The van der Waals surface area contributed by atoms with Crippen LogP contribution in [0, 0.1) is 10.1 Å². The number of nitrogens with one attached hydrogen (secondary N) is 2. The van der Waals surface area contributed by atoms with E-state index in [4.69, 9.17) is 0 Å². The number of aromatic nitrogens is 2. The summed E-state index contributed by atoms with van der Waals surface area (Å²) in [5, 5.41) is 19.6. The number of piperidine rings is 1. The summed E-state index contributed by atoms with van der Waals surface area (Å²) in [4.78, 5) is 15.8. The van der Waals surface area contributed by atoms with Crippen LogP contribution in [0.15, 0.2) is 11.6 Å². The second-order valence-electron chi connectivity index (χ2n) is 5.03. The van der Waals surface area contributed by atoms with Gasteiger partial charge in [-0.05, 0) is 37.8 Å². The first-order valence-electron chi connectivity index (χ1n) is 6.18. The van der Waals surface area contributed by atoms with Gasteiger partial charge in [0, 0.05) is 10.9 Å². The Morgan fingerprint density at radius 2 is 2.32 bits per heavy atom. The number of anilines is 1. The predicted molar refractivity (Wildman–Crippen MR) is 73.9 cm³/mol. The average Bonchev–Trinajstić information content (AvgIpc) is 2.88. The van der Waals surface area contributed by atoms with E-state index < -0.39 is 0 Å². The average molecular weight is 281 g/mol. The molecule has 1 fully saturated rings. The van der Waals surface area contributed by atoms with Crippen LogP contribution in [0.4, 0.5) is 11.6 Å². The number of nitrogens with zero attached hydrogens (tertiary/aromatic N) is 3. The minimum absolute atomic E-state index is 0.0241. The molecule has 8 heteroatoms. The van der Waals surface area contributed by atoms with Crippen LogP contribution >= 0.6 is 11.3 Å². The van der Waals surface area contributed by atoms with E-state index in [2.05, 4.69) is 22.5 Å². The number of nitro groups is 1. The maximum Gasteiger partial charge on any atom is 0.372 e. The minimum atomic E-state index is -0.376. The Labute approximate surface area is 113 Å². The van der Waals surface area contributed by atoms with Gasteiger partial charge in [0.2, 0.25) is 5.82 Å². The number of hydrogen-bond acceptors (Lipinski definition) is 6. The Morgan fingerprint density at radius 1 is 1.58 bits per heavy atom. The maximum absolute atomic E-state index is 11.2. The molecule has 1 saturated heterocycles. The molecule has 0 aromatic carbocycles. The van der Waals surface area contributed by atoms with Crippen molar-refractivity contribution in [3.63, 3.8) is 0 Å². The lowest BCUT2D eigenvalue weighted by atomic mass is 9.91. The van der Waals surface area contributed by atoms with Crippen LogP contribution in [0.25, 0.3) is 4.96 Å². The third-order valence-corrected chi connectivity index (χ3v) is 4.29. The standard InChI is InChI=1S/C11H15N5O2S/c1-11(2-4-12-5-3-11)14-8-9(16(17)18)15-6-7-19-10(15)13-8/h6-7,12,14H,2-5H2,1H3. The molecule has 0 amide bonds. The quantitative estimate of drug-likeness (QED) is 0.662. The molecule has 0 atom stereocenters. The van der Waals surface area contributed by atoms with Crippen molar-refractivity contribution in [1.82, 2.24) is 14.7 Å². The van der Waals surface area contributed by atoms with Crippen molar-refractivity contribution in [3.8, 4) is 0 Å². The van der Waals surface area contributed by atoms with Crippen molar-refractivity contribution < 1.29 is 4.92 Å². The van der Waals surface area contributed by atoms with E-state index in [1.54, 1.807) is 11.6 Å². The largest absolute Gasteiger partial charge is 0.372 e. The fourth-order valence-corrected chi connectivity index (χ4v) is 3.13. The second kappa shape index (κ2) is 4.46. The molecule has 0 aliphatic carbocycles. The number of hydrogen-bond donors (Lipinski definition) is 2. The zero-order chi connectivity index (χ0) is 13.5. The monoisotopic (exact) mass is 281 g/mol. The van der Waals surface area contributed by atoms with Gasteiger partial charge in [0.05, 0.1) is 0 Å². The van der Waals surface area contributed by atoms with Crippen LogP contribution in [-0.4, -0.2) is 32.9 Å². The van der Waals surface area contributed by atoms with Crippen LogP contribution in [0.3, 0.4) is 0 Å². The molecule has 0 bridgehead atoms. The summed E-state index contributed by atoms with van der Waals surface area (Å²) in [6, 6.07) is 0. The summed E-state index contributed by atoms with van der Waals surface area (Å²) in [5.74, 6) is 0.400. The van der Waals surface area contributed by atoms with E-state index >= 15 is 0 Å². The fraction of sp³-hybridized carbons (Fsp3) is 0.545. The zero-order valence-electron chi connectivity index (χ0n) is 10.5. The first-order chi connectivity index (χ1) is 9.09. The first kappa shape index (κ1) is 12.4. The van der Waals surface area contributed by atoms with E-state index in [1.165, 1.54) is 15.7 Å². The number of thiazole rings is 1. The van der Waals surface area contributed by atoms with Gasteiger partial charge in [0.25, 0.3) is 4.96 Å². The highest BCUT2D eigenvalue weighted by molar-refractivity contribution is 7.15. The molecule has 1 aliphatic rings. The first-order valence-corrected chi connectivity index (χ1v) is 7.06. The summed E-state index contributed by atoms with van der Waals surface area (Å²) in [7, 11) is 0. The van der Waals surface area contributed by atoms with Gasteiger partial charge in [0.15, 0.2) is 0 Å². The lowest BCUT2D eigenvalue weighted by molar-refractivity contribution is -0.389. The molecule has 7 nitrogen and oxygen atoms in total. The summed E-state index contributed by atoms with van der Waals surface area (Å²) in [6.07, 6.45) is 3.53. The van der Waals surface area contributed by atoms with Crippen molar-refractivity contribution >= 4 is 27.9 Å². The topological polar surface area (TPSA) is 84.5 Å². The van der Waals surface area contributed by atoms with E-state index in [9.17, 15) is 10.1 Å². The van der Waals surface area contributed by atoms with Crippen molar-refractivity contribution in [3.05, 3.63) is 21.7 Å². The second-order valence-corrected chi connectivity index (χ2v) is 5.91. The van der Waals surface area contributed by atoms with Gasteiger partial charge in [-0.3, -0.25) is 0 Å². The van der Waals surface area contributed by atoms with Crippen molar-refractivity contribution in [2.45, 2.75) is 25.3 Å². The van der Waals surface area contributed by atoms with E-state index in [-0.39, 0.29) is 16.3 Å². The molecule has 3 rings (SSSR count). The van der Waals surface area contributed by atoms with Gasteiger partial charge in [0.1, 0.15) is 6.20 Å². The van der Waals surface area contributed by atoms with Gasteiger partial charge in [-0.1, -0.05) is 11.3 Å². The molecule has 102 valence electrons. The van der Waals surface area contributed by atoms with Gasteiger partial charge >= 0.3 is 5.82 Å². The highest BCUT2D eigenvalue weighted by Crippen LogP contribution is 2.32. The summed E-state index contributed by atoms with van der Waals surface area (Å²) >= 11 is 1.40. The van der Waals surface area contributed by atoms with Crippen LogP contribution in [0.1, 0.15) is 19.8 Å². The number of fused-ring (bicyclic) bond motifs is 1. The minimum Gasteiger partial charge on any atom is -0.358 e. The van der Waals surface area contributed by atoms with Gasteiger partial charge in [-0.2, -0.15) is 9.38 Å². The Hall–Kier alpha value is -1.67. The predicted octanol–water partition coefficient (Wildman–Crippen LogP) is 1.86. The maximum atomic E-state index is 11.2. The summed E-state index contributed by atoms with van der Waals surface area (Å²) in [5.41, 5.74) is -0.139. The zero-order valence-corrected chi connectivity index (χ0v) is 11.4. The highest BCUT2D eigenvalue weighted by atomic mass is 32.1. The van der Waals surface area contributed by atoms with Crippen LogP contribution in [0.5, 0.6) is 0 Å². The third kappa shape index (κ3) is 2.17. The van der Waals surface area contributed by atoms with Crippen molar-refractivity contribution in [2.75, 3.05) is 18.4 Å². The molecule has 1 aliphatic heterocycles. The summed E-state index contributed by atoms with van der Waals surface area (Å²) < 4.78 is 1.53. The molecule has 0 unspecified atom stereocenters. The normalized spacial score (nSPS) is 18.6. The Morgan fingerprint density at radius 3 is 3.00 bits per heavy atom. The molecular weight excluding hydrogens is 266 g/mol. The van der Waals surface area contributed by atoms with E-state index in [0.29, 0.717) is 10.8 Å². The Balaban J connectivity index is 1.97. The van der Waals surface area contributed by atoms with Crippen LogP contribution in [-0.2, 0) is 0 Å². The molecule has 0 spiro atoms. The van der Waals surface area contributed by atoms with Gasteiger partial charge < -0.3 is 20.7 Å². The molecule has 3 heterocycles. The lowest BCUT2D eigenvalue weighted by Gasteiger charge is -2.34.